The van der Waals surface area contributed by atoms with Crippen molar-refractivity contribution in [2.75, 3.05) is 5.32 Å². The maximum atomic E-state index is 12.9. The van der Waals surface area contributed by atoms with Crippen LogP contribution in [0.3, 0.4) is 0 Å². The summed E-state index contributed by atoms with van der Waals surface area (Å²) in [5.74, 6) is 0.00537. The van der Waals surface area contributed by atoms with Crippen LogP contribution >= 0.6 is 11.6 Å². The van der Waals surface area contributed by atoms with Crippen LogP contribution in [-0.4, -0.2) is 5.91 Å². The van der Waals surface area contributed by atoms with E-state index in [0.717, 1.165) is 5.69 Å². The zero-order valence-electron chi connectivity index (χ0n) is 14.5. The quantitative estimate of drug-likeness (QED) is 0.578. The first-order valence-electron chi connectivity index (χ1n) is 10.3. The van der Waals surface area contributed by atoms with Gasteiger partial charge in [0, 0.05) is 0 Å². The zero-order chi connectivity index (χ0) is 17.3. The van der Waals surface area contributed by atoms with Crippen LogP contribution < -0.4 is 5.32 Å². The molecule has 0 bridgehead atoms. The van der Waals surface area contributed by atoms with Crippen molar-refractivity contribution >= 4 is 23.2 Å². The summed E-state index contributed by atoms with van der Waals surface area (Å²) in [7, 11) is 0. The Morgan fingerprint density at radius 1 is 0.852 bits per heavy atom. The van der Waals surface area contributed by atoms with E-state index in [9.17, 15) is 4.79 Å². The van der Waals surface area contributed by atoms with E-state index in [1.807, 2.05) is 12.1 Å². The van der Waals surface area contributed by atoms with Crippen molar-refractivity contribution in [2.45, 2.75) is 47.7 Å². The summed E-state index contributed by atoms with van der Waals surface area (Å²) in [4.78, 5) is 24.5. The molecule has 10 aliphatic heterocycles. The monoisotopic (exact) mass is 415 g/mol. The average molecular weight is 416 g/mol. The summed E-state index contributed by atoms with van der Waals surface area (Å²) in [6.07, 6.45) is 0. The van der Waals surface area contributed by atoms with Crippen molar-refractivity contribution in [3.63, 3.8) is 0 Å². The topological polar surface area (TPSA) is 29.1 Å². The molecule has 2 nitrogen and oxygen atoms in total. The van der Waals surface area contributed by atoms with E-state index in [2.05, 4.69) is 29.6 Å². The molecule has 12 rings (SSSR count). The Morgan fingerprint density at radius 3 is 1.96 bits per heavy atom. The molecule has 10 heterocycles. The molecule has 10 aliphatic rings. The predicted molar refractivity (Wildman–Crippen MR) is 101 cm³/mol. The van der Waals surface area contributed by atoms with Crippen LogP contribution in [0.4, 0.5) is 5.69 Å². The van der Waals surface area contributed by atoms with Gasteiger partial charge in [-0.15, -0.1) is 0 Å². The van der Waals surface area contributed by atoms with Gasteiger partial charge in [-0.3, -0.25) is 0 Å². The number of hydrogen-bond donors (Lipinski definition) is 1. The Kier molecular flexibility index (Phi) is 0.592. The fourth-order valence-corrected chi connectivity index (χ4v) is 92.9. The molecule has 1 amide bonds. The molecule has 4 heteroatoms. The summed E-state index contributed by atoms with van der Waals surface area (Å²) in [6, 6.07) is 16.2. The van der Waals surface area contributed by atoms with E-state index >= 15 is 0 Å². The standard InChI is InChI=1S/C18H13ClNO.C5H5.Fe/c19-15-11-9-14(10-12-15)18(21)20-17-8-4-3-7-16(17)13-5-1-2-6-13;1-2-4-5-3-1;/h1-12H,(H,20,21);1-5H;. The van der Waals surface area contributed by atoms with E-state index < -0.39 is 6.51 Å². The van der Waals surface area contributed by atoms with E-state index in [1.54, 1.807) is 17.7 Å². The normalized spacial score (nSPS) is 78.9. The fraction of sp³-hybridized carbons (Fsp3) is 0.435. The Morgan fingerprint density at radius 2 is 1.44 bits per heavy atom. The molecule has 10 fully saturated rings. The van der Waals surface area contributed by atoms with Gasteiger partial charge in [0.25, 0.3) is 0 Å². The molecule has 0 saturated carbocycles. The molecule has 27 heavy (non-hydrogen) atoms. The molecular weight excluding hydrogens is 398 g/mol. The van der Waals surface area contributed by atoms with Crippen LogP contribution in [0.15, 0.2) is 48.5 Å². The van der Waals surface area contributed by atoms with E-state index in [0.29, 0.717) is 14.9 Å². The second-order valence-corrected chi connectivity index (χ2v) is 37.2. The van der Waals surface area contributed by atoms with Gasteiger partial charge in [0.15, 0.2) is 0 Å². The SMILES string of the molecule is O=C(Nc1ccccc1[C]12[CH]3[CH]4[CH]5[CH]1[Fe]45321678[CH]2[CH]1[CH]6[CH]7[CH]28)c1ccc(Cl)cc1. The Balaban J connectivity index is 1.10. The van der Waals surface area contributed by atoms with Crippen LogP contribution in [0.5, 0.6) is 0 Å². The fourth-order valence-electron chi connectivity index (χ4n) is 18.6. The Hall–Kier alpha value is -1.28. The van der Waals surface area contributed by atoms with Crippen molar-refractivity contribution in [3.05, 3.63) is 64.7 Å². The number of carbonyl (C=O) groups is 1. The first-order valence-corrected chi connectivity index (χ1v) is 17.0. The van der Waals surface area contributed by atoms with Crippen molar-refractivity contribution in [1.82, 2.24) is 0 Å². The number of carbonyl (C=O) groups excluding carboxylic acids is 1. The van der Waals surface area contributed by atoms with Gasteiger partial charge in [0.1, 0.15) is 0 Å². The number of para-hydroxylation sites is 1. The molecule has 0 radical (unpaired) electrons. The molecule has 1 spiro atoms. The predicted octanol–water partition coefficient (Wildman–Crippen LogP) is 6.39. The number of nitrogens with one attached hydrogen (secondary N) is 1. The van der Waals surface area contributed by atoms with E-state index in [-0.39, 0.29) is 5.91 Å². The molecule has 0 aliphatic carbocycles. The molecule has 1 N–H and O–H groups in total. The van der Waals surface area contributed by atoms with Gasteiger partial charge < -0.3 is 0 Å². The molecule has 4 atom stereocenters. The molecule has 10 saturated heterocycles. The van der Waals surface area contributed by atoms with Gasteiger partial charge in [-0.1, -0.05) is 0 Å². The minimum atomic E-state index is -3.22. The van der Waals surface area contributed by atoms with Crippen LogP contribution in [0, 0.1) is 0 Å². The molecule has 4 unspecified atom stereocenters. The van der Waals surface area contributed by atoms with Gasteiger partial charge in [0.2, 0.25) is 0 Å². The number of halogens is 1. The third kappa shape index (κ3) is 0.210. The molecule has 136 valence electrons. The number of hydrogen-bond acceptors (Lipinski definition) is 1. The van der Waals surface area contributed by atoms with Crippen molar-refractivity contribution in [3.8, 4) is 0 Å². The van der Waals surface area contributed by atoms with Crippen LogP contribution in [0.1, 0.15) is 15.9 Å². The van der Waals surface area contributed by atoms with E-state index in [4.69, 9.17) is 11.6 Å². The van der Waals surface area contributed by atoms with Crippen molar-refractivity contribution < 1.29 is 11.3 Å². The van der Waals surface area contributed by atoms with Crippen molar-refractivity contribution in [1.29, 1.82) is 0 Å². The summed E-state index contributed by atoms with van der Waals surface area (Å²) < 4.78 is 0.670. The second-order valence-electron chi connectivity index (χ2n) is 13.2. The summed E-state index contributed by atoms with van der Waals surface area (Å²) >= 11 is 5.99. The summed E-state index contributed by atoms with van der Waals surface area (Å²) in [6.45, 7) is -3.22. The number of benzene rings is 2. The van der Waals surface area contributed by atoms with E-state index in [1.165, 1.54) is 43.3 Å². The van der Waals surface area contributed by atoms with Crippen LogP contribution in [-0.2, 0) is 10.8 Å². The number of amides is 1. The van der Waals surface area contributed by atoms with Gasteiger partial charge in [-0.05, 0) is 0 Å². The van der Waals surface area contributed by atoms with Gasteiger partial charge in [-0.2, -0.15) is 0 Å². The molecule has 0 aromatic heterocycles. The third-order valence-electron chi connectivity index (χ3n) is 17.4. The first kappa shape index (κ1) is 11.7. The number of rotatable bonds is 3. The van der Waals surface area contributed by atoms with Gasteiger partial charge in [-0.25, -0.2) is 0 Å². The van der Waals surface area contributed by atoms with Crippen molar-refractivity contribution in [2.24, 2.45) is 0 Å². The third-order valence-corrected chi connectivity index (χ3v) is 60.0. The van der Waals surface area contributed by atoms with Gasteiger partial charge >= 0.3 is 152 Å². The Labute approximate surface area is 152 Å². The molecular formula is C23H18ClFeNO. The Bertz CT molecular complexity index is 1540. The molecule has 2 aromatic rings. The maximum absolute atomic E-state index is 12.9. The number of fused-ring (bicyclic) bond motifs is 10. The molecule has 2 aromatic carbocycles. The van der Waals surface area contributed by atoms with Gasteiger partial charge in [0.05, 0.1) is 0 Å². The zero-order valence-corrected chi connectivity index (χ0v) is 16.3. The summed E-state index contributed by atoms with van der Waals surface area (Å²) in [5, 5.41) is 3.99. The number of anilines is 1. The van der Waals surface area contributed by atoms with Crippen LogP contribution in [0.2, 0.25) is 48.4 Å². The second kappa shape index (κ2) is 1.37. The minimum absolute atomic E-state index is 0.00537. The average Bonchev–Trinajstić information content (AvgIpc) is 3.62. The summed E-state index contributed by atoms with van der Waals surface area (Å²) in [5.41, 5.74) is 3.42. The van der Waals surface area contributed by atoms with Crippen LogP contribution in [0.25, 0.3) is 0 Å². The first-order chi connectivity index (χ1) is 12.9.